The molecule has 5 rings (SSSR count). The highest BCUT2D eigenvalue weighted by molar-refractivity contribution is 6.00. The molecule has 3 aromatic carbocycles. The number of para-hydroxylation sites is 1. The third-order valence-corrected chi connectivity index (χ3v) is 7.60. The fourth-order valence-corrected chi connectivity index (χ4v) is 5.89. The summed E-state index contributed by atoms with van der Waals surface area (Å²) in [6, 6.07) is 24.4. The molecular weight excluding hydrogens is 458 g/mol. The van der Waals surface area contributed by atoms with Gasteiger partial charge in [-0.15, -0.1) is 0 Å². The van der Waals surface area contributed by atoms with Crippen molar-refractivity contribution in [3.63, 3.8) is 0 Å². The van der Waals surface area contributed by atoms with Crippen molar-refractivity contribution in [3.8, 4) is 34.1 Å². The summed E-state index contributed by atoms with van der Waals surface area (Å²) in [7, 11) is 1.70. The van der Waals surface area contributed by atoms with Crippen LogP contribution in [0, 0.1) is 22.2 Å². The third kappa shape index (κ3) is 4.43. The fourth-order valence-electron chi connectivity index (χ4n) is 5.89. The third-order valence-electron chi connectivity index (χ3n) is 7.60. The van der Waals surface area contributed by atoms with Crippen LogP contribution in [-0.4, -0.2) is 36.4 Å². The maximum absolute atomic E-state index is 10.8. The molecule has 0 aliphatic carbocycles. The Hall–Kier alpha value is -3.88. The van der Waals surface area contributed by atoms with Crippen LogP contribution in [0.2, 0.25) is 0 Å². The van der Waals surface area contributed by atoms with E-state index in [1.165, 1.54) is 0 Å². The van der Waals surface area contributed by atoms with Gasteiger partial charge in [-0.05, 0) is 41.5 Å². The van der Waals surface area contributed by atoms with Gasteiger partial charge >= 0.3 is 0 Å². The first kappa shape index (κ1) is 24.8. The first-order valence-corrected chi connectivity index (χ1v) is 12.6. The minimum Gasteiger partial charge on any atom is -0.495 e. The van der Waals surface area contributed by atoms with Crippen molar-refractivity contribution < 1.29 is 9.84 Å². The number of benzene rings is 3. The summed E-state index contributed by atoms with van der Waals surface area (Å²) in [6.45, 7) is 10.1. The second-order valence-electron chi connectivity index (χ2n) is 11.4. The molecule has 0 radical (unpaired) electrons. The van der Waals surface area contributed by atoms with Crippen LogP contribution in [0.5, 0.6) is 5.75 Å². The van der Waals surface area contributed by atoms with Gasteiger partial charge in [0.25, 0.3) is 0 Å². The van der Waals surface area contributed by atoms with E-state index in [0.717, 1.165) is 57.7 Å². The molecular formula is C32H33N3O2. The first-order valence-electron chi connectivity index (χ1n) is 12.6. The van der Waals surface area contributed by atoms with Crippen LogP contribution in [0.3, 0.4) is 0 Å². The van der Waals surface area contributed by atoms with Crippen molar-refractivity contribution in [2.45, 2.75) is 33.8 Å². The Balaban J connectivity index is 1.51. The number of aliphatic hydroxyl groups excluding tert-OH is 1. The molecule has 0 spiro atoms. The number of fused-ring (bicyclic) bond motifs is 1. The van der Waals surface area contributed by atoms with Gasteiger partial charge in [0.1, 0.15) is 5.75 Å². The number of methoxy groups -OCH3 is 1. The van der Waals surface area contributed by atoms with E-state index < -0.39 is 0 Å². The highest BCUT2D eigenvalue weighted by Gasteiger charge is 2.46. The van der Waals surface area contributed by atoms with Gasteiger partial charge in [-0.25, -0.2) is 0 Å². The zero-order valence-corrected chi connectivity index (χ0v) is 22.1. The van der Waals surface area contributed by atoms with E-state index >= 15 is 0 Å². The lowest BCUT2D eigenvalue weighted by Crippen LogP contribution is -2.58. The monoisotopic (exact) mass is 491 g/mol. The number of piperidine rings is 1. The van der Waals surface area contributed by atoms with Crippen LogP contribution >= 0.6 is 0 Å². The van der Waals surface area contributed by atoms with Gasteiger partial charge in [0, 0.05) is 52.3 Å². The molecule has 37 heavy (non-hydrogen) atoms. The van der Waals surface area contributed by atoms with E-state index in [1.807, 2.05) is 48.7 Å². The maximum Gasteiger partial charge on any atom is 0.137 e. The maximum atomic E-state index is 10.8. The van der Waals surface area contributed by atoms with Crippen LogP contribution in [0.25, 0.3) is 33.2 Å². The standard InChI is InChI=1S/C32H33N3O2/c1-31(2)19-35(20-32(3,4)30(31)36)24-15-13-23(14-16-24)27-18-34-28-25(7-6-8-26(28)29(27)37-5)22-11-9-21(17-33)10-12-22/h6-16,18,30,36H,19-20H2,1-5H3. The van der Waals surface area contributed by atoms with Gasteiger partial charge < -0.3 is 14.7 Å². The Kier molecular flexibility index (Phi) is 6.17. The van der Waals surface area contributed by atoms with Crippen LogP contribution in [0.1, 0.15) is 33.3 Å². The van der Waals surface area contributed by atoms with Crippen molar-refractivity contribution in [2.75, 3.05) is 25.1 Å². The second kappa shape index (κ2) is 9.21. The van der Waals surface area contributed by atoms with E-state index in [-0.39, 0.29) is 16.9 Å². The van der Waals surface area contributed by atoms with E-state index in [9.17, 15) is 5.11 Å². The average molecular weight is 492 g/mol. The lowest BCUT2D eigenvalue weighted by atomic mass is 9.68. The molecule has 5 heteroatoms. The molecule has 1 saturated heterocycles. The fraction of sp³-hybridized carbons (Fsp3) is 0.312. The Labute approximate surface area is 219 Å². The van der Waals surface area contributed by atoms with Gasteiger partial charge in [0.05, 0.1) is 30.4 Å². The number of nitrogens with zero attached hydrogens (tertiary/aromatic N) is 3. The predicted molar refractivity (Wildman–Crippen MR) is 150 cm³/mol. The summed E-state index contributed by atoms with van der Waals surface area (Å²) >= 11 is 0. The Morgan fingerprint density at radius 3 is 2.08 bits per heavy atom. The molecule has 1 N–H and O–H groups in total. The normalized spacial score (nSPS) is 16.9. The van der Waals surface area contributed by atoms with E-state index in [2.05, 4.69) is 62.9 Å². The van der Waals surface area contributed by atoms with Crippen LogP contribution in [-0.2, 0) is 0 Å². The molecule has 4 aromatic rings. The molecule has 0 atom stereocenters. The van der Waals surface area contributed by atoms with Crippen molar-refractivity contribution in [1.82, 2.24) is 4.98 Å². The molecule has 0 amide bonds. The van der Waals surface area contributed by atoms with E-state index in [4.69, 9.17) is 15.0 Å². The van der Waals surface area contributed by atoms with E-state index in [1.54, 1.807) is 7.11 Å². The number of pyridine rings is 1. The molecule has 1 fully saturated rings. The number of aliphatic hydroxyl groups is 1. The lowest BCUT2D eigenvalue weighted by molar-refractivity contribution is -0.0531. The Bertz CT molecular complexity index is 1460. The predicted octanol–water partition coefficient (Wildman–Crippen LogP) is 6.68. The topological polar surface area (TPSA) is 69.4 Å². The molecule has 5 nitrogen and oxygen atoms in total. The quantitative estimate of drug-likeness (QED) is 0.345. The number of nitriles is 1. The number of anilines is 1. The zero-order valence-electron chi connectivity index (χ0n) is 22.1. The average Bonchev–Trinajstić information content (AvgIpc) is 2.90. The minimum atomic E-state index is -0.349. The Morgan fingerprint density at radius 1 is 0.892 bits per heavy atom. The molecule has 188 valence electrons. The number of hydrogen-bond acceptors (Lipinski definition) is 5. The molecule has 0 saturated carbocycles. The Morgan fingerprint density at radius 2 is 1.49 bits per heavy atom. The van der Waals surface area contributed by atoms with Crippen molar-refractivity contribution in [3.05, 3.63) is 78.5 Å². The van der Waals surface area contributed by atoms with Gasteiger partial charge in [0.15, 0.2) is 0 Å². The number of ether oxygens (including phenoxy) is 1. The zero-order chi connectivity index (χ0) is 26.4. The molecule has 1 aromatic heterocycles. The van der Waals surface area contributed by atoms with Gasteiger partial charge in [0.2, 0.25) is 0 Å². The summed E-state index contributed by atoms with van der Waals surface area (Å²) in [4.78, 5) is 7.23. The summed E-state index contributed by atoms with van der Waals surface area (Å²) in [6.07, 6.45) is 1.53. The molecule has 0 unspecified atom stereocenters. The lowest BCUT2D eigenvalue weighted by Gasteiger charge is -2.51. The van der Waals surface area contributed by atoms with Crippen molar-refractivity contribution in [2.24, 2.45) is 10.8 Å². The highest BCUT2D eigenvalue weighted by Crippen LogP contribution is 2.43. The van der Waals surface area contributed by atoms with Gasteiger partial charge in [-0.2, -0.15) is 5.26 Å². The van der Waals surface area contributed by atoms with Gasteiger partial charge in [-0.1, -0.05) is 64.1 Å². The molecule has 2 heterocycles. The number of hydrogen-bond donors (Lipinski definition) is 1. The number of aromatic nitrogens is 1. The van der Waals surface area contributed by atoms with Crippen molar-refractivity contribution in [1.29, 1.82) is 5.26 Å². The van der Waals surface area contributed by atoms with Gasteiger partial charge in [-0.3, -0.25) is 4.98 Å². The SMILES string of the molecule is COc1c(-c2ccc(N3CC(C)(C)C(O)C(C)(C)C3)cc2)cnc2c(-c3ccc(C#N)cc3)cccc12. The summed E-state index contributed by atoms with van der Waals surface area (Å²) in [5, 5.41) is 20.9. The summed E-state index contributed by atoms with van der Waals surface area (Å²) in [5.41, 5.74) is 6.23. The first-order chi connectivity index (χ1) is 17.6. The smallest absolute Gasteiger partial charge is 0.137 e. The minimum absolute atomic E-state index is 0.196. The van der Waals surface area contributed by atoms with Crippen molar-refractivity contribution >= 4 is 16.6 Å². The van der Waals surface area contributed by atoms with Crippen LogP contribution in [0.4, 0.5) is 5.69 Å². The molecule has 1 aliphatic rings. The summed E-state index contributed by atoms with van der Waals surface area (Å²) < 4.78 is 5.93. The molecule has 1 aliphatic heterocycles. The molecule has 0 bridgehead atoms. The number of rotatable bonds is 4. The van der Waals surface area contributed by atoms with E-state index in [0.29, 0.717) is 5.56 Å². The van der Waals surface area contributed by atoms with Crippen LogP contribution in [0.15, 0.2) is 72.9 Å². The highest BCUT2D eigenvalue weighted by atomic mass is 16.5. The second-order valence-corrected chi connectivity index (χ2v) is 11.4. The summed E-state index contributed by atoms with van der Waals surface area (Å²) in [5.74, 6) is 0.789. The largest absolute Gasteiger partial charge is 0.495 e. The van der Waals surface area contributed by atoms with Crippen LogP contribution < -0.4 is 9.64 Å².